The third kappa shape index (κ3) is 5.94. The van der Waals surface area contributed by atoms with Crippen LogP contribution in [0.1, 0.15) is 64.5 Å². The number of carbonyl (C=O) groups excluding carboxylic acids is 2. The molecule has 2 fully saturated rings. The minimum absolute atomic E-state index is 0.0487. The SMILES string of the molecule is CC(=O)OC1CC[C@@](C(=O)NCc2cc(C(F)(F)F)ccc2OC(C)(C)C)(C2CC2)OC1. The normalized spacial score (nSPS) is 24.0. The third-order valence-electron chi connectivity index (χ3n) is 5.56. The van der Waals surface area contributed by atoms with Crippen LogP contribution in [0.5, 0.6) is 5.75 Å². The van der Waals surface area contributed by atoms with Crippen molar-refractivity contribution in [2.75, 3.05) is 6.61 Å². The third-order valence-corrected chi connectivity index (χ3v) is 5.56. The number of rotatable bonds is 6. The first-order chi connectivity index (χ1) is 14.8. The molecule has 2 aliphatic rings. The molecule has 9 heteroatoms. The average molecular weight is 457 g/mol. The van der Waals surface area contributed by atoms with Gasteiger partial charge in [0.1, 0.15) is 23.1 Å². The number of carbonyl (C=O) groups is 2. The van der Waals surface area contributed by atoms with Crippen molar-refractivity contribution in [1.29, 1.82) is 0 Å². The Morgan fingerprint density at radius 2 is 1.88 bits per heavy atom. The molecule has 1 heterocycles. The summed E-state index contributed by atoms with van der Waals surface area (Å²) in [4.78, 5) is 24.4. The molecule has 0 spiro atoms. The summed E-state index contributed by atoms with van der Waals surface area (Å²) in [6.45, 7) is 6.70. The maximum Gasteiger partial charge on any atom is 0.416 e. The Labute approximate surface area is 185 Å². The smallest absolute Gasteiger partial charge is 0.416 e. The number of hydrogen-bond acceptors (Lipinski definition) is 5. The van der Waals surface area contributed by atoms with Crippen molar-refractivity contribution in [2.45, 2.75) is 83.4 Å². The molecule has 1 aromatic rings. The van der Waals surface area contributed by atoms with Gasteiger partial charge in [-0.1, -0.05) is 0 Å². The van der Waals surface area contributed by atoms with Gasteiger partial charge in [0, 0.05) is 19.0 Å². The fourth-order valence-electron chi connectivity index (χ4n) is 3.98. The largest absolute Gasteiger partial charge is 0.488 e. The zero-order valence-electron chi connectivity index (χ0n) is 18.8. The summed E-state index contributed by atoms with van der Waals surface area (Å²) < 4.78 is 56.7. The summed E-state index contributed by atoms with van der Waals surface area (Å²) in [5, 5.41) is 2.77. The van der Waals surface area contributed by atoms with Crippen molar-refractivity contribution >= 4 is 11.9 Å². The zero-order chi connectivity index (χ0) is 23.7. The van der Waals surface area contributed by atoms with Gasteiger partial charge in [-0.2, -0.15) is 13.2 Å². The van der Waals surface area contributed by atoms with Gasteiger partial charge in [0.05, 0.1) is 12.2 Å². The van der Waals surface area contributed by atoms with E-state index in [1.807, 2.05) is 0 Å². The molecular formula is C23H30F3NO5. The van der Waals surface area contributed by atoms with Crippen LogP contribution < -0.4 is 10.1 Å². The topological polar surface area (TPSA) is 73.9 Å². The molecule has 1 aliphatic heterocycles. The molecule has 1 unspecified atom stereocenters. The standard InChI is InChI=1S/C23H30F3NO5/c1-14(28)31-18-9-10-22(30-13-18,16-5-6-16)20(29)27-12-15-11-17(23(24,25)26)7-8-19(15)32-21(2,3)4/h7-8,11,16,18H,5-6,9-10,12-13H2,1-4H3,(H,27,29)/t18?,22-/m0/s1. The molecule has 32 heavy (non-hydrogen) atoms. The van der Waals surface area contributed by atoms with E-state index >= 15 is 0 Å². The Bertz CT molecular complexity index is 850. The highest BCUT2D eigenvalue weighted by atomic mass is 19.4. The van der Waals surface area contributed by atoms with Crippen LogP contribution in [0.4, 0.5) is 13.2 Å². The summed E-state index contributed by atoms with van der Waals surface area (Å²) in [5.74, 6) is -0.434. The van der Waals surface area contributed by atoms with E-state index < -0.39 is 35.0 Å². The van der Waals surface area contributed by atoms with Gasteiger partial charge in [0.15, 0.2) is 0 Å². The van der Waals surface area contributed by atoms with E-state index in [1.165, 1.54) is 13.0 Å². The fraction of sp³-hybridized carbons (Fsp3) is 0.652. The molecule has 1 aliphatic carbocycles. The van der Waals surface area contributed by atoms with E-state index in [9.17, 15) is 22.8 Å². The number of benzene rings is 1. The Balaban J connectivity index is 1.75. The second-order valence-corrected chi connectivity index (χ2v) is 9.46. The quantitative estimate of drug-likeness (QED) is 0.642. The first-order valence-electron chi connectivity index (χ1n) is 10.8. The van der Waals surface area contributed by atoms with Crippen molar-refractivity contribution in [3.63, 3.8) is 0 Å². The van der Waals surface area contributed by atoms with Crippen molar-refractivity contribution in [3.05, 3.63) is 29.3 Å². The Hall–Kier alpha value is -2.29. The number of nitrogens with one attached hydrogen (secondary N) is 1. The second kappa shape index (κ2) is 8.92. The summed E-state index contributed by atoms with van der Waals surface area (Å²) >= 11 is 0. The molecule has 6 nitrogen and oxygen atoms in total. The number of halogens is 3. The van der Waals surface area contributed by atoms with E-state index in [1.54, 1.807) is 20.8 Å². The Kier molecular flexibility index (Phi) is 6.79. The molecule has 1 aromatic carbocycles. The summed E-state index contributed by atoms with van der Waals surface area (Å²) in [7, 11) is 0. The summed E-state index contributed by atoms with van der Waals surface area (Å²) in [6, 6.07) is 3.26. The van der Waals surface area contributed by atoms with E-state index in [4.69, 9.17) is 14.2 Å². The number of esters is 1. The number of alkyl halides is 3. The van der Waals surface area contributed by atoms with E-state index in [0.29, 0.717) is 12.8 Å². The molecule has 2 atom stereocenters. The average Bonchev–Trinajstić information content (AvgIpc) is 3.51. The van der Waals surface area contributed by atoms with Crippen molar-refractivity contribution in [3.8, 4) is 5.75 Å². The van der Waals surface area contributed by atoms with Gasteiger partial charge in [-0.15, -0.1) is 0 Å². The first kappa shape index (κ1) is 24.4. The molecule has 0 radical (unpaired) electrons. The zero-order valence-corrected chi connectivity index (χ0v) is 18.8. The molecule has 3 rings (SSSR count). The van der Waals surface area contributed by atoms with Gasteiger partial charge in [0.25, 0.3) is 5.91 Å². The lowest BCUT2D eigenvalue weighted by Gasteiger charge is -2.39. The molecule has 1 amide bonds. The van der Waals surface area contributed by atoms with Crippen molar-refractivity contribution < 1.29 is 37.0 Å². The number of amides is 1. The molecular weight excluding hydrogens is 427 g/mol. The Morgan fingerprint density at radius 3 is 2.38 bits per heavy atom. The van der Waals surface area contributed by atoms with Crippen molar-refractivity contribution in [2.24, 2.45) is 5.92 Å². The summed E-state index contributed by atoms with van der Waals surface area (Å²) in [5.41, 5.74) is -2.24. The van der Waals surface area contributed by atoms with Crippen LogP contribution in [-0.2, 0) is 31.8 Å². The van der Waals surface area contributed by atoms with Gasteiger partial charge in [-0.25, -0.2) is 0 Å². The van der Waals surface area contributed by atoms with Gasteiger partial charge < -0.3 is 19.5 Å². The number of hydrogen-bond donors (Lipinski definition) is 1. The van der Waals surface area contributed by atoms with Crippen LogP contribution in [0, 0.1) is 5.92 Å². The highest BCUT2D eigenvalue weighted by Gasteiger charge is 2.54. The lowest BCUT2D eigenvalue weighted by molar-refractivity contribution is -0.179. The maximum absolute atomic E-state index is 13.2. The van der Waals surface area contributed by atoms with Gasteiger partial charge >= 0.3 is 12.1 Å². The Morgan fingerprint density at radius 1 is 1.19 bits per heavy atom. The molecule has 0 bridgehead atoms. The van der Waals surface area contributed by atoms with Gasteiger partial charge in [0.2, 0.25) is 0 Å². The van der Waals surface area contributed by atoms with E-state index in [2.05, 4.69) is 5.32 Å². The molecule has 1 saturated carbocycles. The van der Waals surface area contributed by atoms with E-state index in [0.717, 1.165) is 25.0 Å². The first-order valence-corrected chi connectivity index (χ1v) is 10.8. The highest BCUT2D eigenvalue weighted by molar-refractivity contribution is 5.86. The minimum Gasteiger partial charge on any atom is -0.488 e. The van der Waals surface area contributed by atoms with E-state index in [-0.39, 0.29) is 36.3 Å². The van der Waals surface area contributed by atoms with Crippen LogP contribution >= 0.6 is 0 Å². The minimum atomic E-state index is -4.51. The van der Waals surface area contributed by atoms with Gasteiger partial charge in [-0.05, 0) is 70.6 Å². The lowest BCUT2D eigenvalue weighted by Crippen LogP contribution is -2.54. The monoisotopic (exact) mass is 457 g/mol. The van der Waals surface area contributed by atoms with Crippen molar-refractivity contribution in [1.82, 2.24) is 5.32 Å². The van der Waals surface area contributed by atoms with Crippen LogP contribution in [0.25, 0.3) is 0 Å². The molecule has 0 aromatic heterocycles. The lowest BCUT2D eigenvalue weighted by atomic mass is 9.87. The number of ether oxygens (including phenoxy) is 3. The molecule has 1 N–H and O–H groups in total. The van der Waals surface area contributed by atoms with Crippen LogP contribution in [0.3, 0.4) is 0 Å². The molecule has 1 saturated heterocycles. The van der Waals surface area contributed by atoms with Crippen LogP contribution in [0.2, 0.25) is 0 Å². The predicted molar refractivity (Wildman–Crippen MR) is 110 cm³/mol. The van der Waals surface area contributed by atoms with Gasteiger partial charge in [-0.3, -0.25) is 9.59 Å². The van der Waals surface area contributed by atoms with Crippen LogP contribution in [0.15, 0.2) is 18.2 Å². The van der Waals surface area contributed by atoms with Crippen LogP contribution in [-0.4, -0.2) is 35.8 Å². The molecule has 178 valence electrons. The maximum atomic E-state index is 13.2. The summed E-state index contributed by atoms with van der Waals surface area (Å²) in [6.07, 6.45) is -2.35. The highest BCUT2D eigenvalue weighted by Crippen LogP contribution is 2.47. The second-order valence-electron chi connectivity index (χ2n) is 9.46. The fourth-order valence-corrected chi connectivity index (χ4v) is 3.98. The predicted octanol–water partition coefficient (Wildman–Crippen LogP) is 4.39.